The Balaban J connectivity index is 0.000000325. The molecule has 0 aliphatic rings. The highest BCUT2D eigenvalue weighted by atomic mass is 16.5. The number of benzene rings is 2. The van der Waals surface area contributed by atoms with Gasteiger partial charge in [0, 0.05) is 0 Å². The average molecular weight is 419 g/mol. The van der Waals surface area contributed by atoms with E-state index in [0.29, 0.717) is 12.4 Å². The van der Waals surface area contributed by atoms with E-state index in [1.165, 1.54) is 24.8 Å². The lowest BCUT2D eigenvalue weighted by Gasteiger charge is -2.06. The molecule has 0 fully saturated rings. The van der Waals surface area contributed by atoms with Gasteiger partial charge in [0.1, 0.15) is 5.75 Å². The molecule has 0 aliphatic carbocycles. The molecular formula is C24H34O6. The van der Waals surface area contributed by atoms with Gasteiger partial charge in [0.15, 0.2) is 17.2 Å². The van der Waals surface area contributed by atoms with Crippen LogP contribution in [0.2, 0.25) is 0 Å². The van der Waals surface area contributed by atoms with Crippen LogP contribution in [0.5, 0.6) is 23.0 Å². The van der Waals surface area contributed by atoms with Gasteiger partial charge in [0.05, 0.1) is 12.2 Å². The molecule has 166 valence electrons. The third kappa shape index (κ3) is 9.54. The minimum Gasteiger partial charge on any atom is -0.508 e. The number of rotatable bonds is 10. The van der Waals surface area contributed by atoms with Crippen molar-refractivity contribution in [3.63, 3.8) is 0 Å². The van der Waals surface area contributed by atoms with E-state index in [-0.39, 0.29) is 5.56 Å². The van der Waals surface area contributed by atoms with E-state index in [1.807, 2.05) is 12.1 Å². The van der Waals surface area contributed by atoms with Gasteiger partial charge in [0.2, 0.25) is 0 Å². The fourth-order valence-electron chi connectivity index (χ4n) is 2.74. The van der Waals surface area contributed by atoms with Crippen LogP contribution in [0, 0.1) is 0 Å². The summed E-state index contributed by atoms with van der Waals surface area (Å²) >= 11 is 0. The summed E-state index contributed by atoms with van der Waals surface area (Å²) in [6, 6.07) is 9.60. The lowest BCUT2D eigenvalue weighted by atomic mass is 10.1. The van der Waals surface area contributed by atoms with Gasteiger partial charge in [-0.25, -0.2) is 4.79 Å². The van der Waals surface area contributed by atoms with Crippen LogP contribution in [-0.4, -0.2) is 33.0 Å². The fourth-order valence-corrected chi connectivity index (χ4v) is 2.74. The van der Waals surface area contributed by atoms with Gasteiger partial charge in [-0.05, 0) is 49.1 Å². The van der Waals surface area contributed by atoms with Gasteiger partial charge < -0.3 is 25.2 Å². The van der Waals surface area contributed by atoms with E-state index in [4.69, 9.17) is 14.9 Å². The number of hydrogen-bond acceptors (Lipinski definition) is 6. The Morgan fingerprint density at radius 1 is 0.800 bits per heavy atom. The summed E-state index contributed by atoms with van der Waals surface area (Å²) in [5.74, 6) is -2.01. The van der Waals surface area contributed by atoms with Crippen molar-refractivity contribution in [1.82, 2.24) is 0 Å². The molecule has 2 aromatic carbocycles. The minimum absolute atomic E-state index is 0.0123. The van der Waals surface area contributed by atoms with Gasteiger partial charge in [-0.2, -0.15) is 0 Å². The molecule has 6 heteroatoms. The van der Waals surface area contributed by atoms with Crippen LogP contribution in [0.25, 0.3) is 0 Å². The average Bonchev–Trinajstić information content (AvgIpc) is 2.73. The van der Waals surface area contributed by atoms with Crippen LogP contribution in [0.1, 0.15) is 74.7 Å². The summed E-state index contributed by atoms with van der Waals surface area (Å²) < 4.78 is 4.98. The third-order valence-electron chi connectivity index (χ3n) is 4.54. The molecular weight excluding hydrogens is 384 g/mol. The normalized spacial score (nSPS) is 10.2. The molecule has 30 heavy (non-hydrogen) atoms. The topological polar surface area (TPSA) is 107 Å². The molecule has 2 rings (SSSR count). The zero-order valence-electron chi connectivity index (χ0n) is 17.9. The van der Waals surface area contributed by atoms with Crippen LogP contribution < -0.4 is 0 Å². The summed E-state index contributed by atoms with van der Waals surface area (Å²) in [4.78, 5) is 11.6. The number of phenolic OH excluding ortho intramolecular Hbond substituents is 4. The van der Waals surface area contributed by atoms with Crippen molar-refractivity contribution in [2.75, 3.05) is 6.61 Å². The Kier molecular flexibility index (Phi) is 11.9. The van der Waals surface area contributed by atoms with Crippen LogP contribution in [0.15, 0.2) is 36.4 Å². The van der Waals surface area contributed by atoms with E-state index < -0.39 is 23.2 Å². The van der Waals surface area contributed by atoms with Gasteiger partial charge in [-0.15, -0.1) is 0 Å². The van der Waals surface area contributed by atoms with Crippen LogP contribution in [-0.2, 0) is 11.2 Å². The predicted molar refractivity (Wildman–Crippen MR) is 117 cm³/mol. The molecule has 0 heterocycles. The van der Waals surface area contributed by atoms with Crippen LogP contribution in [0.4, 0.5) is 0 Å². The molecule has 0 saturated heterocycles. The highest BCUT2D eigenvalue weighted by molar-refractivity contribution is 5.91. The van der Waals surface area contributed by atoms with Crippen molar-refractivity contribution < 1.29 is 30.0 Å². The lowest BCUT2D eigenvalue weighted by molar-refractivity contribution is 0.0497. The summed E-state index contributed by atoms with van der Waals surface area (Å²) in [6.45, 7) is 4.60. The molecule has 0 spiro atoms. The Morgan fingerprint density at radius 3 is 1.93 bits per heavy atom. The summed E-state index contributed by atoms with van der Waals surface area (Å²) in [7, 11) is 0. The number of carbonyl (C=O) groups is 1. The van der Waals surface area contributed by atoms with Crippen molar-refractivity contribution in [2.24, 2.45) is 0 Å². The van der Waals surface area contributed by atoms with Crippen LogP contribution in [0.3, 0.4) is 0 Å². The monoisotopic (exact) mass is 418 g/mol. The van der Waals surface area contributed by atoms with Crippen molar-refractivity contribution in [2.45, 2.75) is 65.2 Å². The first kappa shape index (κ1) is 25.1. The zero-order valence-corrected chi connectivity index (χ0v) is 17.9. The molecule has 6 nitrogen and oxygen atoms in total. The summed E-state index contributed by atoms with van der Waals surface area (Å²) in [6.07, 6.45) is 8.92. The maximum atomic E-state index is 11.6. The molecule has 0 radical (unpaired) electrons. The van der Waals surface area contributed by atoms with Crippen molar-refractivity contribution >= 4 is 5.97 Å². The number of aromatic hydroxyl groups is 4. The zero-order chi connectivity index (χ0) is 22.4. The Hall–Kier alpha value is -2.89. The highest BCUT2D eigenvalue weighted by Gasteiger charge is 2.14. The van der Waals surface area contributed by atoms with Gasteiger partial charge in [-0.3, -0.25) is 0 Å². The predicted octanol–water partition coefficient (Wildman–Crippen LogP) is 5.67. The van der Waals surface area contributed by atoms with Crippen molar-refractivity contribution in [3.05, 3.63) is 47.5 Å². The highest BCUT2D eigenvalue weighted by Crippen LogP contribution is 2.35. The Bertz CT molecular complexity index is 732. The molecule has 0 saturated carbocycles. The van der Waals surface area contributed by atoms with E-state index >= 15 is 0 Å². The second-order valence-corrected chi connectivity index (χ2v) is 7.18. The van der Waals surface area contributed by atoms with Gasteiger partial charge in [0.25, 0.3) is 0 Å². The molecule has 0 amide bonds. The minimum atomic E-state index is -0.644. The number of esters is 1. The van der Waals surface area contributed by atoms with E-state index in [9.17, 15) is 15.0 Å². The molecule has 0 atom stereocenters. The SMILES string of the molecule is CCCCCCOC(=O)c1cc(O)c(O)c(O)c1.CCCCCc1ccc(O)cc1. The third-order valence-corrected chi connectivity index (χ3v) is 4.54. The Morgan fingerprint density at radius 2 is 1.37 bits per heavy atom. The molecule has 0 aromatic heterocycles. The second-order valence-electron chi connectivity index (χ2n) is 7.18. The molecule has 0 aliphatic heterocycles. The number of carbonyl (C=O) groups excluding carboxylic acids is 1. The number of hydrogen-bond donors (Lipinski definition) is 4. The lowest BCUT2D eigenvalue weighted by Crippen LogP contribution is -2.06. The first-order valence-corrected chi connectivity index (χ1v) is 10.6. The maximum absolute atomic E-state index is 11.6. The largest absolute Gasteiger partial charge is 0.508 e. The van der Waals surface area contributed by atoms with E-state index in [1.54, 1.807) is 12.1 Å². The van der Waals surface area contributed by atoms with Crippen LogP contribution >= 0.6 is 0 Å². The molecule has 2 aromatic rings. The first-order chi connectivity index (χ1) is 14.4. The smallest absolute Gasteiger partial charge is 0.338 e. The number of phenols is 4. The van der Waals surface area contributed by atoms with E-state index in [0.717, 1.165) is 44.2 Å². The summed E-state index contributed by atoms with van der Waals surface area (Å²) in [5, 5.41) is 36.7. The van der Waals surface area contributed by atoms with Crippen molar-refractivity contribution in [1.29, 1.82) is 0 Å². The first-order valence-electron chi connectivity index (χ1n) is 10.6. The second kappa shape index (κ2) is 14.1. The van der Waals surface area contributed by atoms with E-state index in [2.05, 4.69) is 13.8 Å². The van der Waals surface area contributed by atoms with Gasteiger partial charge >= 0.3 is 5.97 Å². The molecule has 0 bridgehead atoms. The number of unbranched alkanes of at least 4 members (excludes halogenated alkanes) is 5. The van der Waals surface area contributed by atoms with Gasteiger partial charge in [-0.1, -0.05) is 58.1 Å². The van der Waals surface area contributed by atoms with Crippen molar-refractivity contribution in [3.8, 4) is 23.0 Å². The standard InChI is InChI=1S/C13H18O5.C11H16O/c1-2-3-4-5-6-18-13(17)9-7-10(14)12(16)11(15)8-9;1-2-3-4-5-10-6-8-11(12)9-7-10/h7-8,14-16H,2-6H2,1H3;6-9,12H,2-5H2,1H3. The molecule has 0 unspecified atom stereocenters. The number of aryl methyl sites for hydroxylation is 1. The Labute approximate surface area is 178 Å². The number of ether oxygens (including phenoxy) is 1. The maximum Gasteiger partial charge on any atom is 0.338 e. The molecule has 4 N–H and O–H groups in total. The quantitative estimate of drug-likeness (QED) is 0.225. The summed E-state index contributed by atoms with van der Waals surface area (Å²) in [5.41, 5.74) is 1.33. The fraction of sp³-hybridized carbons (Fsp3) is 0.458.